The Morgan fingerprint density at radius 1 is 1.45 bits per heavy atom. The molecule has 118 valence electrons. The van der Waals surface area contributed by atoms with Crippen LogP contribution in [-0.2, 0) is 13.1 Å². The molecule has 9 heteroatoms. The van der Waals surface area contributed by atoms with E-state index >= 15 is 0 Å². The molecule has 0 aromatic carbocycles. The van der Waals surface area contributed by atoms with E-state index in [0.717, 1.165) is 0 Å². The zero-order chi connectivity index (χ0) is 16.3. The molecule has 2 aromatic heterocycles. The summed E-state index contributed by atoms with van der Waals surface area (Å²) in [7, 11) is 0. The van der Waals surface area contributed by atoms with Gasteiger partial charge in [0.25, 0.3) is 5.91 Å². The van der Waals surface area contributed by atoms with E-state index in [1.807, 2.05) is 6.92 Å². The first-order chi connectivity index (χ1) is 10.4. The highest BCUT2D eigenvalue weighted by Crippen LogP contribution is 2.21. The number of hydrogen-bond donors (Lipinski definition) is 1. The summed E-state index contributed by atoms with van der Waals surface area (Å²) in [6, 6.07) is 0. The van der Waals surface area contributed by atoms with E-state index in [1.54, 1.807) is 24.7 Å². The lowest BCUT2D eigenvalue weighted by Gasteiger charge is -2.05. The number of carbonyl (C=O) groups excluding carboxylic acids is 1. The van der Waals surface area contributed by atoms with E-state index < -0.39 is 4.92 Å². The number of hydrogen-bond acceptors (Lipinski definition) is 5. The number of nitro groups is 1. The number of aryl methyl sites for hydroxylation is 2. The lowest BCUT2D eigenvalue weighted by molar-refractivity contribution is -0.386. The van der Waals surface area contributed by atoms with Gasteiger partial charge in [-0.05, 0) is 20.8 Å². The number of nitrogens with zero attached hydrogens (tertiary/aromatic N) is 5. The molecule has 0 atom stereocenters. The number of amides is 1. The first-order valence-electron chi connectivity index (χ1n) is 6.93. The predicted octanol–water partition coefficient (Wildman–Crippen LogP) is 1.05. The standard InChI is InChI=1S/C13H18N6O3/c1-4-17-8-11(7-15-17)13(20)14-5-6-18-10(3)12(19(21)22)9(2)16-18/h7-8H,4-6H2,1-3H3,(H,14,20). The monoisotopic (exact) mass is 306 g/mol. The van der Waals surface area contributed by atoms with E-state index in [-0.39, 0.29) is 11.6 Å². The van der Waals surface area contributed by atoms with Gasteiger partial charge in [0.15, 0.2) is 0 Å². The molecular formula is C13H18N6O3. The van der Waals surface area contributed by atoms with E-state index in [1.165, 1.54) is 10.9 Å². The van der Waals surface area contributed by atoms with Gasteiger partial charge in [-0.15, -0.1) is 0 Å². The average molecular weight is 306 g/mol. The van der Waals surface area contributed by atoms with Gasteiger partial charge in [0.2, 0.25) is 0 Å². The van der Waals surface area contributed by atoms with Crippen LogP contribution in [0.15, 0.2) is 12.4 Å². The predicted molar refractivity (Wildman–Crippen MR) is 78.6 cm³/mol. The van der Waals surface area contributed by atoms with Crippen LogP contribution in [0.25, 0.3) is 0 Å². The molecule has 0 spiro atoms. The van der Waals surface area contributed by atoms with Crippen LogP contribution in [-0.4, -0.2) is 36.9 Å². The fourth-order valence-electron chi connectivity index (χ4n) is 2.20. The highest BCUT2D eigenvalue weighted by Gasteiger charge is 2.21. The molecule has 0 bridgehead atoms. The molecule has 0 aliphatic carbocycles. The summed E-state index contributed by atoms with van der Waals surface area (Å²) in [4.78, 5) is 22.4. The Hall–Kier alpha value is -2.71. The normalized spacial score (nSPS) is 10.7. The van der Waals surface area contributed by atoms with Gasteiger partial charge < -0.3 is 5.32 Å². The molecule has 2 heterocycles. The summed E-state index contributed by atoms with van der Waals surface area (Å²) >= 11 is 0. The van der Waals surface area contributed by atoms with Gasteiger partial charge in [-0.1, -0.05) is 0 Å². The molecular weight excluding hydrogens is 288 g/mol. The van der Waals surface area contributed by atoms with Crippen molar-refractivity contribution in [2.24, 2.45) is 0 Å². The Morgan fingerprint density at radius 3 is 2.73 bits per heavy atom. The minimum atomic E-state index is -0.439. The molecule has 0 saturated carbocycles. The van der Waals surface area contributed by atoms with Crippen LogP contribution in [0.5, 0.6) is 0 Å². The van der Waals surface area contributed by atoms with Crippen LogP contribution < -0.4 is 5.32 Å². The topological polar surface area (TPSA) is 108 Å². The van der Waals surface area contributed by atoms with Gasteiger partial charge in [-0.2, -0.15) is 10.2 Å². The van der Waals surface area contributed by atoms with Crippen molar-refractivity contribution in [2.75, 3.05) is 6.54 Å². The third-order valence-electron chi connectivity index (χ3n) is 3.35. The quantitative estimate of drug-likeness (QED) is 0.634. The van der Waals surface area contributed by atoms with Crippen molar-refractivity contribution in [3.8, 4) is 0 Å². The second kappa shape index (κ2) is 6.37. The number of aromatic nitrogens is 4. The summed E-state index contributed by atoms with van der Waals surface area (Å²) in [5, 5.41) is 21.8. The van der Waals surface area contributed by atoms with Crippen LogP contribution in [0.4, 0.5) is 5.69 Å². The van der Waals surface area contributed by atoms with Gasteiger partial charge in [-0.3, -0.25) is 24.3 Å². The van der Waals surface area contributed by atoms with Crippen molar-refractivity contribution in [3.05, 3.63) is 39.5 Å². The summed E-state index contributed by atoms with van der Waals surface area (Å²) in [6.45, 7) is 6.57. The molecule has 0 unspecified atom stereocenters. The van der Waals surface area contributed by atoms with Crippen molar-refractivity contribution in [1.29, 1.82) is 0 Å². The highest BCUT2D eigenvalue weighted by molar-refractivity contribution is 5.93. The first-order valence-corrected chi connectivity index (χ1v) is 6.93. The minimum absolute atomic E-state index is 0.0237. The maximum absolute atomic E-state index is 11.9. The van der Waals surface area contributed by atoms with Crippen molar-refractivity contribution in [2.45, 2.75) is 33.9 Å². The van der Waals surface area contributed by atoms with Crippen molar-refractivity contribution in [1.82, 2.24) is 24.9 Å². The fraction of sp³-hybridized carbons (Fsp3) is 0.462. The number of nitrogens with one attached hydrogen (secondary N) is 1. The summed E-state index contributed by atoms with van der Waals surface area (Å²) < 4.78 is 3.20. The number of rotatable bonds is 6. The third kappa shape index (κ3) is 3.13. The maximum Gasteiger partial charge on any atom is 0.312 e. The van der Waals surface area contributed by atoms with Crippen LogP contribution >= 0.6 is 0 Å². The molecule has 0 radical (unpaired) electrons. The second-order valence-corrected chi connectivity index (χ2v) is 4.84. The zero-order valence-electron chi connectivity index (χ0n) is 12.7. The molecule has 9 nitrogen and oxygen atoms in total. The van der Waals surface area contributed by atoms with Gasteiger partial charge in [0.1, 0.15) is 11.4 Å². The summed E-state index contributed by atoms with van der Waals surface area (Å²) in [5.41, 5.74) is 1.37. The molecule has 0 saturated heterocycles. The lowest BCUT2D eigenvalue weighted by Crippen LogP contribution is -2.27. The van der Waals surface area contributed by atoms with Crippen LogP contribution in [0.1, 0.15) is 28.7 Å². The van der Waals surface area contributed by atoms with Gasteiger partial charge >= 0.3 is 5.69 Å². The SMILES string of the molecule is CCn1cc(C(=O)NCCn2nc(C)c([N+](=O)[O-])c2C)cn1. The van der Waals surface area contributed by atoms with Crippen molar-refractivity contribution in [3.63, 3.8) is 0 Å². The van der Waals surface area contributed by atoms with Gasteiger partial charge in [0.05, 0.1) is 23.2 Å². The average Bonchev–Trinajstić information content (AvgIpc) is 3.04. The summed E-state index contributed by atoms with van der Waals surface area (Å²) in [6.07, 6.45) is 3.18. The van der Waals surface area contributed by atoms with E-state index in [2.05, 4.69) is 15.5 Å². The first kappa shape index (κ1) is 15.7. The van der Waals surface area contributed by atoms with Crippen LogP contribution in [0.3, 0.4) is 0 Å². The number of carbonyl (C=O) groups is 1. The van der Waals surface area contributed by atoms with E-state index in [9.17, 15) is 14.9 Å². The van der Waals surface area contributed by atoms with Gasteiger partial charge in [0, 0.05) is 19.3 Å². The Kier molecular flexibility index (Phi) is 4.54. The molecule has 2 rings (SSSR count). The minimum Gasteiger partial charge on any atom is -0.350 e. The molecule has 1 N–H and O–H groups in total. The Labute approximate surface area is 127 Å². The largest absolute Gasteiger partial charge is 0.350 e. The van der Waals surface area contributed by atoms with Crippen molar-refractivity contribution < 1.29 is 9.72 Å². The zero-order valence-corrected chi connectivity index (χ0v) is 12.7. The fourth-order valence-corrected chi connectivity index (χ4v) is 2.20. The van der Waals surface area contributed by atoms with Crippen LogP contribution in [0, 0.1) is 24.0 Å². The molecule has 22 heavy (non-hydrogen) atoms. The third-order valence-corrected chi connectivity index (χ3v) is 3.35. The Morgan fingerprint density at radius 2 is 2.18 bits per heavy atom. The molecule has 1 amide bonds. The van der Waals surface area contributed by atoms with E-state index in [4.69, 9.17) is 0 Å². The smallest absolute Gasteiger partial charge is 0.312 e. The second-order valence-electron chi connectivity index (χ2n) is 4.84. The molecule has 2 aromatic rings. The molecule has 0 aliphatic rings. The van der Waals surface area contributed by atoms with E-state index in [0.29, 0.717) is 36.6 Å². The molecule has 0 aliphatic heterocycles. The molecule has 0 fully saturated rings. The van der Waals surface area contributed by atoms with Gasteiger partial charge in [-0.25, -0.2) is 0 Å². The Balaban J connectivity index is 1.95. The van der Waals surface area contributed by atoms with Crippen molar-refractivity contribution >= 4 is 11.6 Å². The lowest BCUT2D eigenvalue weighted by atomic mass is 10.3. The maximum atomic E-state index is 11.9. The van der Waals surface area contributed by atoms with Crippen LogP contribution in [0.2, 0.25) is 0 Å². The highest BCUT2D eigenvalue weighted by atomic mass is 16.6. The Bertz CT molecular complexity index is 703. The summed E-state index contributed by atoms with van der Waals surface area (Å²) in [5.74, 6) is -0.226.